The standard InChI is InChI=1S/C64H71BrOS.CH4/c1-6-7-8-9-10-11-38-66-48-22-16-43(17-23-48)57-28-29-58(67-57)46-20-26-51-49-24-18-44(39-53(49)63(55(51)41-46)59(2)30-12-32-60(63,3)33-13-31-59)45-19-25-50-52-27-21-47(65)42-56(52)64(54(50)40-45)61(4)34-14-36-62(64,5)37-15-35-61;/h16-29,39-42H,6-15,30-38H2,1-5H3;1H4. The first kappa shape index (κ1) is 46.5. The van der Waals surface area contributed by atoms with Crippen LogP contribution in [0.4, 0.5) is 0 Å². The van der Waals surface area contributed by atoms with Crippen LogP contribution >= 0.6 is 27.3 Å². The van der Waals surface area contributed by atoms with E-state index in [1.54, 1.807) is 22.3 Å². The highest BCUT2D eigenvalue weighted by Crippen LogP contribution is 2.76. The minimum absolute atomic E-state index is 0. The van der Waals surface area contributed by atoms with Crippen LogP contribution in [0.3, 0.4) is 0 Å². The van der Waals surface area contributed by atoms with Crippen molar-refractivity contribution < 1.29 is 4.74 Å². The van der Waals surface area contributed by atoms with E-state index in [4.69, 9.17) is 4.74 Å². The van der Waals surface area contributed by atoms with E-state index in [9.17, 15) is 0 Å². The van der Waals surface area contributed by atoms with E-state index in [1.165, 1.54) is 168 Å². The van der Waals surface area contributed by atoms with Crippen molar-refractivity contribution in [3.05, 3.63) is 136 Å². The molecule has 68 heavy (non-hydrogen) atoms. The van der Waals surface area contributed by atoms with Gasteiger partial charge < -0.3 is 4.74 Å². The molecule has 1 nitrogen and oxygen atoms in total. The first-order valence-corrected chi connectivity index (χ1v) is 28.2. The summed E-state index contributed by atoms with van der Waals surface area (Å²) >= 11 is 5.91. The van der Waals surface area contributed by atoms with E-state index in [2.05, 4.69) is 160 Å². The topological polar surface area (TPSA) is 9.23 Å². The van der Waals surface area contributed by atoms with Crippen LogP contribution in [-0.4, -0.2) is 6.61 Å². The summed E-state index contributed by atoms with van der Waals surface area (Å²) in [5.41, 5.74) is 18.6. The summed E-state index contributed by atoms with van der Waals surface area (Å²) < 4.78 is 7.38. The molecule has 4 saturated carbocycles. The smallest absolute Gasteiger partial charge is 0.119 e. The van der Waals surface area contributed by atoms with Crippen LogP contribution in [0.25, 0.3) is 54.3 Å². The Morgan fingerprint density at radius 3 is 1.31 bits per heavy atom. The molecular weight excluding hydrogens is 909 g/mol. The minimum atomic E-state index is -0.0412. The molecule has 6 aliphatic carbocycles. The van der Waals surface area contributed by atoms with Crippen molar-refractivity contribution >= 4 is 27.3 Å². The van der Waals surface area contributed by atoms with E-state index in [0.717, 1.165) is 18.8 Å². The molecule has 0 saturated heterocycles. The Morgan fingerprint density at radius 1 is 0.441 bits per heavy atom. The summed E-state index contributed by atoms with van der Waals surface area (Å²) in [4.78, 5) is 2.68. The van der Waals surface area contributed by atoms with Crippen LogP contribution in [0.15, 0.2) is 114 Å². The van der Waals surface area contributed by atoms with Crippen molar-refractivity contribution in [2.45, 2.75) is 168 Å². The molecule has 0 atom stereocenters. The molecule has 0 amide bonds. The molecule has 0 radical (unpaired) electrons. The highest BCUT2D eigenvalue weighted by molar-refractivity contribution is 9.10. The third-order valence-corrected chi connectivity index (χ3v) is 21.5. The van der Waals surface area contributed by atoms with Gasteiger partial charge in [-0.3, -0.25) is 0 Å². The predicted molar refractivity (Wildman–Crippen MR) is 294 cm³/mol. The molecule has 12 rings (SSSR count). The highest BCUT2D eigenvalue weighted by Gasteiger charge is 2.68. The van der Waals surface area contributed by atoms with E-state index in [-0.39, 0.29) is 39.9 Å². The zero-order chi connectivity index (χ0) is 45.8. The minimum Gasteiger partial charge on any atom is -0.494 e. The molecule has 6 aromatic rings. The predicted octanol–water partition coefficient (Wildman–Crippen LogP) is 20.2. The average molecular weight is 984 g/mol. The Kier molecular flexibility index (Phi) is 11.7. The molecule has 4 fully saturated rings. The first-order valence-electron chi connectivity index (χ1n) is 26.6. The zero-order valence-electron chi connectivity index (χ0n) is 41.0. The fourth-order valence-corrected chi connectivity index (χ4v) is 18.5. The molecule has 0 aliphatic heterocycles. The Balaban J connectivity index is 0.00000507. The van der Waals surface area contributed by atoms with Crippen molar-refractivity contribution in [2.75, 3.05) is 6.61 Å². The van der Waals surface area contributed by atoms with Crippen molar-refractivity contribution in [1.29, 1.82) is 0 Å². The van der Waals surface area contributed by atoms with E-state index < -0.39 is 0 Å². The van der Waals surface area contributed by atoms with Crippen molar-refractivity contribution in [1.82, 2.24) is 0 Å². The van der Waals surface area contributed by atoms with E-state index in [1.807, 2.05) is 11.3 Å². The number of hydrogen-bond acceptors (Lipinski definition) is 2. The molecule has 4 bridgehead atoms. The van der Waals surface area contributed by atoms with Gasteiger partial charge in [0.2, 0.25) is 0 Å². The fourth-order valence-electron chi connectivity index (χ4n) is 17.1. The molecule has 1 heterocycles. The van der Waals surface area contributed by atoms with Crippen LogP contribution < -0.4 is 4.74 Å². The third-order valence-electron chi connectivity index (χ3n) is 19.8. The molecule has 0 N–H and O–H groups in total. The Hall–Kier alpha value is -3.92. The zero-order valence-corrected chi connectivity index (χ0v) is 43.4. The quantitative estimate of drug-likeness (QED) is 0.118. The normalized spacial score (nSPS) is 29.3. The molecule has 0 unspecified atom stereocenters. The lowest BCUT2D eigenvalue weighted by Crippen LogP contribution is -2.60. The number of fused-ring (bicyclic) bond motifs is 6. The summed E-state index contributed by atoms with van der Waals surface area (Å²) in [7, 11) is 0. The number of thiophene rings is 1. The van der Waals surface area contributed by atoms with E-state index >= 15 is 0 Å². The van der Waals surface area contributed by atoms with Gasteiger partial charge in [0.05, 0.1) is 6.61 Å². The molecule has 3 heteroatoms. The molecule has 354 valence electrons. The van der Waals surface area contributed by atoms with Gasteiger partial charge in [0.25, 0.3) is 0 Å². The van der Waals surface area contributed by atoms with Crippen molar-refractivity contribution in [2.24, 2.45) is 21.7 Å². The Morgan fingerprint density at radius 2 is 0.824 bits per heavy atom. The average Bonchev–Trinajstić information content (AvgIpc) is 4.00. The highest BCUT2D eigenvalue weighted by atomic mass is 79.9. The first-order chi connectivity index (χ1) is 32.5. The molecule has 5 aromatic carbocycles. The van der Waals surface area contributed by atoms with Crippen LogP contribution in [0.2, 0.25) is 0 Å². The van der Waals surface area contributed by atoms with Crippen molar-refractivity contribution in [3.63, 3.8) is 0 Å². The third kappa shape index (κ3) is 6.55. The maximum atomic E-state index is 6.16. The fraction of sp³-hybridized carbons (Fsp3) is 0.477. The van der Waals surface area contributed by atoms with Gasteiger partial charge >= 0.3 is 0 Å². The molecule has 6 aliphatic rings. The van der Waals surface area contributed by atoms with E-state index in [0.29, 0.717) is 0 Å². The lowest BCUT2D eigenvalue weighted by molar-refractivity contribution is -0.0630. The molecule has 2 spiro atoms. The van der Waals surface area contributed by atoms with Crippen LogP contribution in [0.5, 0.6) is 5.75 Å². The van der Waals surface area contributed by atoms with Gasteiger partial charge in [-0.2, -0.15) is 0 Å². The number of benzene rings is 5. The summed E-state index contributed by atoms with van der Waals surface area (Å²) in [6, 6.07) is 43.9. The number of rotatable bonds is 11. The Bertz CT molecular complexity index is 2820. The molecular formula is C65H75BrOS. The summed E-state index contributed by atoms with van der Waals surface area (Å²) in [6.07, 6.45) is 23.5. The summed E-state index contributed by atoms with van der Waals surface area (Å²) in [5, 5.41) is 0. The molecule has 1 aromatic heterocycles. The number of halogens is 1. The second-order valence-electron chi connectivity index (χ2n) is 23.4. The van der Waals surface area contributed by atoms with Gasteiger partial charge in [-0.25, -0.2) is 0 Å². The SMILES string of the molecule is C.CCCCCCCCOc1ccc(-c2ccc(-c3ccc4c(c3)C3(c5cc(-c6ccc7c(c6)C6(c8cc(Br)ccc8-7)C7(C)CCCC6(C)CCC7)ccc5-4)C4(C)CCCC3(C)CCC4)s2)cc1. The largest absolute Gasteiger partial charge is 0.494 e. The van der Waals surface area contributed by atoms with Gasteiger partial charge in [-0.1, -0.05) is 158 Å². The maximum absolute atomic E-state index is 6.16. The van der Waals surface area contributed by atoms with Gasteiger partial charge in [-0.05, 0) is 213 Å². The maximum Gasteiger partial charge on any atom is 0.119 e. The number of unbranched alkanes of at least 4 members (excludes halogenated alkanes) is 5. The number of hydrogen-bond donors (Lipinski definition) is 0. The van der Waals surface area contributed by atoms with Gasteiger partial charge in [0, 0.05) is 25.1 Å². The lowest BCUT2D eigenvalue weighted by Gasteiger charge is -2.65. The monoisotopic (exact) mass is 982 g/mol. The summed E-state index contributed by atoms with van der Waals surface area (Å²) in [5.74, 6) is 0.982. The summed E-state index contributed by atoms with van der Waals surface area (Å²) in [6.45, 7) is 13.8. The van der Waals surface area contributed by atoms with Gasteiger partial charge in [-0.15, -0.1) is 11.3 Å². The second kappa shape index (κ2) is 17.1. The second-order valence-corrected chi connectivity index (χ2v) is 25.4. The van der Waals surface area contributed by atoms with Crippen LogP contribution in [0.1, 0.15) is 180 Å². The Labute approximate surface area is 422 Å². The number of ether oxygens (including phenoxy) is 1. The van der Waals surface area contributed by atoms with Crippen LogP contribution in [0, 0.1) is 21.7 Å². The lowest BCUT2D eigenvalue weighted by atomic mass is 9.38. The van der Waals surface area contributed by atoms with Gasteiger partial charge in [0.15, 0.2) is 0 Å². The van der Waals surface area contributed by atoms with Crippen molar-refractivity contribution in [3.8, 4) is 60.0 Å². The van der Waals surface area contributed by atoms with Gasteiger partial charge in [0.1, 0.15) is 5.75 Å². The van der Waals surface area contributed by atoms with Crippen LogP contribution in [-0.2, 0) is 10.8 Å².